The van der Waals surface area contributed by atoms with E-state index in [2.05, 4.69) is 13.0 Å². The molecule has 1 aromatic heterocycles. The largest absolute Gasteiger partial charge is 0.398 e. The highest BCUT2D eigenvalue weighted by atomic mass is 35.5. The first-order valence-corrected chi connectivity index (χ1v) is 8.60. The summed E-state index contributed by atoms with van der Waals surface area (Å²) in [4.78, 5) is 15.6. The molecule has 1 aromatic carbocycles. The van der Waals surface area contributed by atoms with Crippen LogP contribution in [0, 0.1) is 13.8 Å². The predicted octanol–water partition coefficient (Wildman–Crippen LogP) is 4.47. The van der Waals surface area contributed by atoms with Crippen molar-refractivity contribution in [2.45, 2.75) is 39.7 Å². The summed E-state index contributed by atoms with van der Waals surface area (Å²) in [7, 11) is 0. The molecule has 22 heavy (non-hydrogen) atoms. The summed E-state index contributed by atoms with van der Waals surface area (Å²) >= 11 is 7.54. The molecule has 1 amide bonds. The summed E-state index contributed by atoms with van der Waals surface area (Å²) in [6, 6.07) is 5.92. The Kier molecular flexibility index (Phi) is 4.15. The van der Waals surface area contributed by atoms with Gasteiger partial charge in [-0.2, -0.15) is 0 Å². The van der Waals surface area contributed by atoms with Crippen molar-refractivity contribution in [2.24, 2.45) is 0 Å². The third kappa shape index (κ3) is 2.73. The first kappa shape index (κ1) is 15.4. The van der Waals surface area contributed by atoms with Crippen molar-refractivity contribution in [3.05, 3.63) is 44.1 Å². The number of nitrogen functional groups attached to an aromatic ring is 1. The van der Waals surface area contributed by atoms with Crippen LogP contribution < -0.4 is 10.6 Å². The number of carbonyl (C=O) groups excluding carboxylic acids is 1. The molecule has 1 aliphatic rings. The smallest absolute Gasteiger partial charge is 0.227 e. The zero-order valence-corrected chi connectivity index (χ0v) is 14.4. The standard InChI is InChI=1S/C17H19ClN2OS/c1-10-8-14-13(11(2)17(10)19)4-3-5-16(21)20(14)9-12-6-7-15(18)22-12/h6-8H,3-5,9,19H2,1-2H3. The van der Waals surface area contributed by atoms with E-state index >= 15 is 0 Å². The number of aryl methyl sites for hydroxylation is 1. The van der Waals surface area contributed by atoms with Gasteiger partial charge in [0.25, 0.3) is 0 Å². The van der Waals surface area contributed by atoms with Crippen molar-refractivity contribution in [3.8, 4) is 0 Å². The van der Waals surface area contributed by atoms with Gasteiger partial charge >= 0.3 is 0 Å². The van der Waals surface area contributed by atoms with Crippen molar-refractivity contribution in [2.75, 3.05) is 10.6 Å². The van der Waals surface area contributed by atoms with E-state index in [1.54, 1.807) is 0 Å². The molecule has 0 saturated heterocycles. The van der Waals surface area contributed by atoms with Crippen molar-refractivity contribution >= 4 is 40.2 Å². The number of hydrogen-bond acceptors (Lipinski definition) is 3. The topological polar surface area (TPSA) is 46.3 Å². The summed E-state index contributed by atoms with van der Waals surface area (Å²) in [6.45, 7) is 4.63. The molecule has 2 N–H and O–H groups in total. The first-order chi connectivity index (χ1) is 10.5. The zero-order valence-electron chi connectivity index (χ0n) is 12.8. The lowest BCUT2D eigenvalue weighted by Crippen LogP contribution is -2.29. The summed E-state index contributed by atoms with van der Waals surface area (Å²) in [5.41, 5.74) is 11.4. The molecule has 0 spiro atoms. The van der Waals surface area contributed by atoms with E-state index in [9.17, 15) is 4.79 Å². The minimum atomic E-state index is 0.173. The minimum absolute atomic E-state index is 0.173. The highest BCUT2D eigenvalue weighted by Crippen LogP contribution is 2.36. The number of anilines is 2. The fourth-order valence-electron chi connectivity index (χ4n) is 3.03. The van der Waals surface area contributed by atoms with Crippen LogP contribution in [0.5, 0.6) is 0 Å². The molecule has 3 rings (SSSR count). The molecule has 0 saturated carbocycles. The summed E-state index contributed by atoms with van der Waals surface area (Å²) in [5, 5.41) is 0. The summed E-state index contributed by atoms with van der Waals surface area (Å²) in [5.74, 6) is 0.173. The van der Waals surface area contributed by atoms with E-state index in [4.69, 9.17) is 17.3 Å². The first-order valence-electron chi connectivity index (χ1n) is 7.40. The second-order valence-corrected chi connectivity index (χ2v) is 7.57. The van der Waals surface area contributed by atoms with Crippen LogP contribution in [0.3, 0.4) is 0 Å². The lowest BCUT2D eigenvalue weighted by molar-refractivity contribution is -0.118. The molecule has 2 aromatic rings. The molecule has 0 fully saturated rings. The molecule has 5 heteroatoms. The van der Waals surface area contributed by atoms with Gasteiger partial charge < -0.3 is 10.6 Å². The highest BCUT2D eigenvalue weighted by Gasteiger charge is 2.25. The Morgan fingerprint density at radius 3 is 2.77 bits per heavy atom. The molecule has 0 atom stereocenters. The summed E-state index contributed by atoms with van der Waals surface area (Å²) < 4.78 is 0.752. The Labute approximate surface area is 139 Å². The lowest BCUT2D eigenvalue weighted by Gasteiger charge is -2.25. The molecule has 0 aliphatic carbocycles. The van der Waals surface area contributed by atoms with Crippen LogP contribution in [0.4, 0.5) is 11.4 Å². The number of hydrogen-bond donors (Lipinski definition) is 1. The number of carbonyl (C=O) groups is 1. The van der Waals surface area contributed by atoms with Crippen LogP contribution in [0.25, 0.3) is 0 Å². The van der Waals surface area contributed by atoms with Gasteiger partial charge in [0.15, 0.2) is 0 Å². The Hall–Kier alpha value is -1.52. The van der Waals surface area contributed by atoms with Gasteiger partial charge in [0, 0.05) is 22.7 Å². The van der Waals surface area contributed by atoms with Crippen molar-refractivity contribution in [1.29, 1.82) is 0 Å². The molecule has 3 nitrogen and oxygen atoms in total. The van der Waals surface area contributed by atoms with Crippen molar-refractivity contribution in [1.82, 2.24) is 0 Å². The van der Waals surface area contributed by atoms with E-state index < -0.39 is 0 Å². The summed E-state index contributed by atoms with van der Waals surface area (Å²) in [6.07, 6.45) is 2.35. The van der Waals surface area contributed by atoms with Gasteiger partial charge in [-0.25, -0.2) is 0 Å². The average Bonchev–Trinajstić information content (AvgIpc) is 2.83. The number of rotatable bonds is 2. The van der Waals surface area contributed by atoms with Crippen LogP contribution in [0.1, 0.15) is 34.4 Å². The Balaban J connectivity index is 2.07. The maximum absolute atomic E-state index is 12.6. The van der Waals surface area contributed by atoms with Gasteiger partial charge in [0.1, 0.15) is 0 Å². The minimum Gasteiger partial charge on any atom is -0.398 e. The van der Waals surface area contributed by atoms with Gasteiger partial charge in [-0.05, 0) is 61.6 Å². The van der Waals surface area contributed by atoms with Crippen LogP contribution in [-0.4, -0.2) is 5.91 Å². The number of nitrogens with two attached hydrogens (primary N) is 1. The number of amides is 1. The number of benzene rings is 1. The SMILES string of the molecule is Cc1cc2c(c(C)c1N)CCCC(=O)N2Cc1ccc(Cl)s1. The molecule has 1 aliphatic heterocycles. The quantitative estimate of drug-likeness (QED) is 0.823. The van der Waals surface area contributed by atoms with Gasteiger partial charge in [0.2, 0.25) is 5.91 Å². The van der Waals surface area contributed by atoms with E-state index in [1.165, 1.54) is 16.9 Å². The van der Waals surface area contributed by atoms with E-state index in [0.29, 0.717) is 13.0 Å². The maximum atomic E-state index is 12.6. The van der Waals surface area contributed by atoms with Gasteiger partial charge in [-0.3, -0.25) is 4.79 Å². The predicted molar refractivity (Wildman–Crippen MR) is 93.8 cm³/mol. The van der Waals surface area contributed by atoms with Crippen molar-refractivity contribution < 1.29 is 4.79 Å². The molecule has 2 heterocycles. The molecule has 0 bridgehead atoms. The number of thiophene rings is 1. The van der Waals surface area contributed by atoms with E-state index in [1.807, 2.05) is 24.0 Å². The molecule has 116 valence electrons. The fraction of sp³-hybridized carbons (Fsp3) is 0.353. The van der Waals surface area contributed by atoms with E-state index in [0.717, 1.165) is 44.6 Å². The Morgan fingerprint density at radius 2 is 2.09 bits per heavy atom. The zero-order chi connectivity index (χ0) is 15.9. The Morgan fingerprint density at radius 1 is 1.32 bits per heavy atom. The van der Waals surface area contributed by atoms with Crippen LogP contribution in [0.2, 0.25) is 4.34 Å². The molecule has 0 radical (unpaired) electrons. The monoisotopic (exact) mass is 334 g/mol. The molecular weight excluding hydrogens is 316 g/mol. The average molecular weight is 335 g/mol. The Bertz CT molecular complexity index is 739. The molecular formula is C17H19ClN2OS. The second kappa shape index (κ2) is 5.94. The third-order valence-corrected chi connectivity index (χ3v) is 5.51. The number of fused-ring (bicyclic) bond motifs is 1. The second-order valence-electron chi connectivity index (χ2n) is 5.77. The number of halogens is 1. The van der Waals surface area contributed by atoms with Crippen LogP contribution >= 0.6 is 22.9 Å². The van der Waals surface area contributed by atoms with Gasteiger partial charge in [-0.15, -0.1) is 11.3 Å². The highest BCUT2D eigenvalue weighted by molar-refractivity contribution is 7.16. The van der Waals surface area contributed by atoms with E-state index in [-0.39, 0.29) is 5.91 Å². The fourth-order valence-corrected chi connectivity index (χ4v) is 4.10. The van der Waals surface area contributed by atoms with Crippen LogP contribution in [-0.2, 0) is 17.8 Å². The molecule has 0 unspecified atom stereocenters. The van der Waals surface area contributed by atoms with Gasteiger partial charge in [0.05, 0.1) is 10.9 Å². The third-order valence-electron chi connectivity index (χ3n) is 4.30. The maximum Gasteiger partial charge on any atom is 0.227 e. The van der Waals surface area contributed by atoms with Crippen LogP contribution in [0.15, 0.2) is 18.2 Å². The lowest BCUT2D eigenvalue weighted by atomic mass is 9.97. The number of nitrogens with zero attached hydrogens (tertiary/aromatic N) is 1. The van der Waals surface area contributed by atoms with Crippen molar-refractivity contribution in [3.63, 3.8) is 0 Å². The normalized spacial score (nSPS) is 14.9. The van der Waals surface area contributed by atoms with Gasteiger partial charge in [-0.1, -0.05) is 11.6 Å².